The van der Waals surface area contributed by atoms with Gasteiger partial charge < -0.3 is 101 Å². The summed E-state index contributed by atoms with van der Waals surface area (Å²) >= 11 is 0. The third-order valence-electron chi connectivity index (χ3n) is 19.8. The SMILES string of the molecule is C[C@H]1NC(=O)[C@H](Cc2c[nH]cn2)NC2(CCC2)NC(=O)C2NC(=O)[C@H](Cc3c[nH]c4ccccc34)NC(=O)[C@H](CCCNC(=N)N)NC(=O)[C@@H](Cc3ccccc3)NC(=O)[C@H](Cc3c[nH]cn3)NC(=O)C3(CCC3)NC(=O)[C@H](CSS2)NC(=O)[C@H](Cc2c[nH]c3ccccc23)NC(=O)[C@H](CCCNC(=N)N)NC1=O. The van der Waals surface area contributed by atoms with Gasteiger partial charge in [-0.1, -0.05) is 88.3 Å². The minimum Gasteiger partial charge on any atom is -0.370 e. The van der Waals surface area contributed by atoms with E-state index in [1.54, 1.807) is 73.2 Å². The van der Waals surface area contributed by atoms with Crippen molar-refractivity contribution in [2.75, 3.05) is 18.8 Å². The zero-order chi connectivity index (χ0) is 77.2. The molecule has 0 radical (unpaired) electrons. The normalized spacial score (nSPS) is 24.4. The van der Waals surface area contributed by atoms with Crippen LogP contribution in [0.25, 0.3) is 21.8 Å². The van der Waals surface area contributed by atoms with Gasteiger partial charge in [-0.05, 0) is 100.0 Å². The summed E-state index contributed by atoms with van der Waals surface area (Å²) < 4.78 is 0. The lowest BCUT2D eigenvalue weighted by Crippen LogP contribution is -2.70. The molecule has 578 valence electrons. The van der Waals surface area contributed by atoms with Gasteiger partial charge >= 0.3 is 0 Å². The number of carbonyl (C=O) groups is 11. The first-order chi connectivity index (χ1) is 52.5. The summed E-state index contributed by atoms with van der Waals surface area (Å²) in [7, 11) is 1.63. The molecule has 11 rings (SSSR count). The lowest BCUT2D eigenvalue weighted by Gasteiger charge is -2.46. The summed E-state index contributed by atoms with van der Waals surface area (Å²) in [5.74, 6) is -10.5. The zero-order valence-electron chi connectivity index (χ0n) is 59.8. The molecular formula is C72H92N24O11S2. The van der Waals surface area contributed by atoms with E-state index in [0.29, 0.717) is 62.7 Å². The standard InChI is InChI=1S/C72H92N24O11S2/c1-39-57(97)86-49(19-9-25-79-69(73)74)58(98)89-52(28-41-32-81-47-17-7-5-15-45(41)47)61(101)91-56-36-108-109-67(66(106)96-72(23-12-24-72)94-55(64(104)85-39)31-44-35-78-38-84-44)93-63(103)53(29-42-33-82-48-18-8-6-16-46(42)48)90-59(99)50(20-10-26-80-70(75)76)87-60(100)51(27-40-13-3-2-4-14-40)88-62(102)54(30-43-34-77-37-83-43)92-68(107)71(21-11-22-71)95-65(56)105/h2-8,13-18,32-35,37-39,49-56,67,81-82,94H,9-12,19-31,36H2,1H3,(H,77,83)(H,78,84)(H,85,104)(H,86,97)(H,87,100)(H,88,102)(H,89,98)(H,90,99)(H,91,101)(H,92,107)(H,93,103)(H,95,105)(H,96,106)(H4,73,74,79)(H4,75,76,80)/t39-,49+,50+,51-,52+,53+,54+,55+,56+,67?/m1/s1. The minimum absolute atomic E-state index is 0.0364. The lowest BCUT2D eigenvalue weighted by molar-refractivity contribution is -0.141. The number of benzene rings is 3. The van der Waals surface area contributed by atoms with Crippen LogP contribution in [0.2, 0.25) is 0 Å². The van der Waals surface area contributed by atoms with Crippen LogP contribution < -0.4 is 85.9 Å². The number of aromatic nitrogens is 6. The monoisotopic (exact) mass is 1530 g/mol. The first kappa shape index (κ1) is 78.6. The molecule has 4 aromatic heterocycles. The fraction of sp³-hybridized carbons (Fsp3) is 0.431. The van der Waals surface area contributed by atoms with Gasteiger partial charge in [-0.15, -0.1) is 0 Å². The van der Waals surface area contributed by atoms with E-state index in [1.165, 1.54) is 25.8 Å². The van der Waals surface area contributed by atoms with Gasteiger partial charge in [0.25, 0.3) is 5.91 Å². The number of rotatable bonds is 18. The quantitative estimate of drug-likeness (QED) is 0.0209. The van der Waals surface area contributed by atoms with E-state index in [2.05, 4.69) is 104 Å². The number of guanidine groups is 2. The van der Waals surface area contributed by atoms with E-state index in [4.69, 9.17) is 22.3 Å². The second-order valence-corrected chi connectivity index (χ2v) is 30.3. The Bertz CT molecular complexity index is 4430. The van der Waals surface area contributed by atoms with Crippen LogP contribution in [-0.4, -0.2) is 197 Å². The number of fused-ring (bicyclic) bond motifs is 6. The molecule has 4 fully saturated rings. The molecule has 1 unspecified atom stereocenters. The highest BCUT2D eigenvalue weighted by Gasteiger charge is 2.49. The van der Waals surface area contributed by atoms with Crippen LogP contribution in [0.4, 0.5) is 0 Å². The molecule has 11 amide bonds. The number of nitrogens with two attached hydrogens (primary N) is 2. The highest BCUT2D eigenvalue weighted by Crippen LogP contribution is 2.35. The van der Waals surface area contributed by atoms with Crippen molar-refractivity contribution in [3.63, 3.8) is 0 Å². The number of hydrogen-bond acceptors (Lipinski definition) is 18. The van der Waals surface area contributed by atoms with Crippen molar-refractivity contribution < 1.29 is 52.7 Å². The van der Waals surface area contributed by atoms with Gasteiger partial charge in [-0.2, -0.15) is 0 Å². The molecule has 109 heavy (non-hydrogen) atoms. The average Bonchev–Trinajstić information content (AvgIpc) is 1.19. The minimum atomic E-state index is -1.75. The Morgan fingerprint density at radius 3 is 1.47 bits per heavy atom. The molecule has 7 aromatic rings. The first-order valence-electron chi connectivity index (χ1n) is 36.2. The summed E-state index contributed by atoms with van der Waals surface area (Å²) in [5, 5.41) is 55.6. The number of imidazole rings is 2. The van der Waals surface area contributed by atoms with Gasteiger partial charge in [0, 0.05) is 97.5 Å². The number of carbonyl (C=O) groups excluding carboxylic acids is 11. The molecule has 6 heterocycles. The fourth-order valence-corrected chi connectivity index (χ4v) is 15.9. The van der Waals surface area contributed by atoms with E-state index in [1.807, 2.05) is 24.3 Å². The number of hydrogen-bond donors (Lipinski definition) is 22. The molecule has 24 N–H and O–H groups in total. The van der Waals surface area contributed by atoms with Crippen LogP contribution in [0, 0.1) is 10.8 Å². The number of para-hydroxylation sites is 2. The van der Waals surface area contributed by atoms with Crippen molar-refractivity contribution in [1.29, 1.82) is 10.8 Å². The maximum atomic E-state index is 15.7. The molecule has 35 nitrogen and oxygen atoms in total. The number of nitrogens with zero attached hydrogens (tertiary/aromatic N) is 2. The van der Waals surface area contributed by atoms with Crippen molar-refractivity contribution in [2.24, 2.45) is 11.5 Å². The molecule has 2 spiro atoms. The maximum Gasteiger partial charge on any atom is 0.255 e. The van der Waals surface area contributed by atoms with Crippen LogP contribution in [-0.2, 0) is 84.8 Å². The second kappa shape index (κ2) is 36.4. The highest BCUT2D eigenvalue weighted by atomic mass is 33.1. The molecule has 2 saturated carbocycles. The van der Waals surface area contributed by atoms with Gasteiger partial charge in [-0.3, -0.25) is 68.9 Å². The van der Waals surface area contributed by atoms with Crippen LogP contribution in [0.3, 0.4) is 0 Å². The maximum absolute atomic E-state index is 15.7. The van der Waals surface area contributed by atoms with Crippen molar-refractivity contribution in [3.8, 4) is 0 Å². The van der Waals surface area contributed by atoms with Crippen molar-refractivity contribution >= 4 is 120 Å². The summed E-state index contributed by atoms with van der Waals surface area (Å²) in [6, 6.07) is 10.0. The lowest BCUT2D eigenvalue weighted by atomic mass is 9.75. The Balaban J connectivity index is 1.03. The molecule has 37 heteroatoms. The van der Waals surface area contributed by atoms with E-state index in [-0.39, 0.29) is 108 Å². The third-order valence-corrected chi connectivity index (χ3v) is 22.3. The van der Waals surface area contributed by atoms with Crippen molar-refractivity contribution in [3.05, 3.63) is 144 Å². The van der Waals surface area contributed by atoms with E-state index < -0.39 is 142 Å². The van der Waals surface area contributed by atoms with E-state index in [9.17, 15) is 9.59 Å². The molecule has 2 aliphatic carbocycles. The molecule has 3 aromatic carbocycles. The predicted molar refractivity (Wildman–Crippen MR) is 407 cm³/mol. The molecule has 2 saturated heterocycles. The summed E-state index contributed by atoms with van der Waals surface area (Å²) in [5.41, 5.74) is 12.0. The first-order valence-corrected chi connectivity index (χ1v) is 38.6. The van der Waals surface area contributed by atoms with Crippen LogP contribution in [0.1, 0.15) is 99.2 Å². The number of nitrogens with one attached hydrogen (secondary N) is 20. The highest BCUT2D eigenvalue weighted by molar-refractivity contribution is 8.77. The van der Waals surface area contributed by atoms with Crippen LogP contribution >= 0.6 is 21.6 Å². The van der Waals surface area contributed by atoms with Gasteiger partial charge in [0.2, 0.25) is 59.1 Å². The summed E-state index contributed by atoms with van der Waals surface area (Å²) in [6.45, 7) is 1.57. The molecule has 2 aliphatic heterocycles. The second-order valence-electron chi connectivity index (χ2n) is 27.8. The third kappa shape index (κ3) is 20.8. The average molecular weight is 1530 g/mol. The molecule has 4 aliphatic rings. The summed E-state index contributed by atoms with van der Waals surface area (Å²) in [6.07, 6.45) is 9.90. The Morgan fingerprint density at radius 2 is 0.954 bits per heavy atom. The topological polar surface area (TPSA) is 545 Å². The number of aromatic amines is 4. The number of H-pyrrole nitrogens is 4. The van der Waals surface area contributed by atoms with Crippen molar-refractivity contribution in [1.82, 2.24) is 104 Å². The van der Waals surface area contributed by atoms with Crippen LogP contribution in [0.5, 0.6) is 0 Å². The van der Waals surface area contributed by atoms with Gasteiger partial charge in [0.1, 0.15) is 53.9 Å². The Kier molecular flexibility index (Phi) is 26.3. The Hall–Kier alpha value is -11.5. The molecular weight excluding hydrogens is 1440 g/mol. The molecule has 2 bridgehead atoms. The Labute approximate surface area is 634 Å². The van der Waals surface area contributed by atoms with Gasteiger partial charge in [0.15, 0.2) is 17.3 Å². The fourth-order valence-electron chi connectivity index (χ4n) is 13.5. The van der Waals surface area contributed by atoms with E-state index >= 15 is 43.2 Å². The van der Waals surface area contributed by atoms with Gasteiger partial charge in [0.05, 0.1) is 35.7 Å². The zero-order valence-corrected chi connectivity index (χ0v) is 61.5. The summed E-state index contributed by atoms with van der Waals surface area (Å²) in [4.78, 5) is 189. The largest absolute Gasteiger partial charge is 0.370 e. The predicted octanol–water partition coefficient (Wildman–Crippen LogP) is -1.12. The Morgan fingerprint density at radius 1 is 0.486 bits per heavy atom. The van der Waals surface area contributed by atoms with Crippen LogP contribution in [0.15, 0.2) is 116 Å². The number of amides is 11. The smallest absolute Gasteiger partial charge is 0.255 e. The van der Waals surface area contributed by atoms with Gasteiger partial charge in [-0.25, -0.2) is 9.97 Å². The molecule has 10 atom stereocenters. The van der Waals surface area contributed by atoms with Crippen molar-refractivity contribution in [2.45, 2.75) is 174 Å². The van der Waals surface area contributed by atoms with E-state index in [0.717, 1.165) is 21.6 Å².